The molecule has 5 heteroatoms. The molecule has 1 atom stereocenters. The Labute approximate surface area is 134 Å². The van der Waals surface area contributed by atoms with E-state index in [-0.39, 0.29) is 25.0 Å². The normalized spacial score (nSPS) is 17.0. The van der Waals surface area contributed by atoms with Crippen molar-refractivity contribution in [2.75, 3.05) is 13.7 Å². The molecular weight excluding hydrogens is 294 g/mol. The highest BCUT2D eigenvalue weighted by atomic mass is 16.6. The maximum absolute atomic E-state index is 12.6. The SMILES string of the molecule is COc1ccccc1CC(=O)N1C(=O)OC[C@H]1c1ccccc1. The van der Waals surface area contributed by atoms with Crippen LogP contribution in [0, 0.1) is 0 Å². The molecule has 1 saturated heterocycles. The lowest BCUT2D eigenvalue weighted by Crippen LogP contribution is -2.35. The van der Waals surface area contributed by atoms with Gasteiger partial charge in [-0.2, -0.15) is 0 Å². The third kappa shape index (κ3) is 3.04. The molecule has 2 aromatic carbocycles. The lowest BCUT2D eigenvalue weighted by Gasteiger charge is -2.20. The zero-order chi connectivity index (χ0) is 16.2. The topological polar surface area (TPSA) is 55.8 Å². The Morgan fingerprint density at radius 1 is 1.17 bits per heavy atom. The fraction of sp³-hybridized carbons (Fsp3) is 0.222. The summed E-state index contributed by atoms with van der Waals surface area (Å²) in [6.07, 6.45) is -0.513. The lowest BCUT2D eigenvalue weighted by molar-refractivity contribution is -0.128. The summed E-state index contributed by atoms with van der Waals surface area (Å²) in [6, 6.07) is 16.3. The van der Waals surface area contributed by atoms with Crippen molar-refractivity contribution in [3.8, 4) is 5.75 Å². The number of cyclic esters (lactones) is 1. The second kappa shape index (κ2) is 6.52. The number of methoxy groups -OCH3 is 1. The molecule has 23 heavy (non-hydrogen) atoms. The van der Waals surface area contributed by atoms with E-state index in [9.17, 15) is 9.59 Å². The third-order valence-corrected chi connectivity index (χ3v) is 3.86. The summed E-state index contributed by atoms with van der Waals surface area (Å²) in [4.78, 5) is 25.8. The number of para-hydroxylation sites is 1. The van der Waals surface area contributed by atoms with Crippen molar-refractivity contribution >= 4 is 12.0 Å². The van der Waals surface area contributed by atoms with Crippen LogP contribution in [0.5, 0.6) is 5.75 Å². The minimum atomic E-state index is -0.598. The number of nitrogens with zero attached hydrogens (tertiary/aromatic N) is 1. The van der Waals surface area contributed by atoms with E-state index in [1.807, 2.05) is 48.5 Å². The van der Waals surface area contributed by atoms with Crippen molar-refractivity contribution in [1.29, 1.82) is 0 Å². The van der Waals surface area contributed by atoms with Gasteiger partial charge in [-0.05, 0) is 11.6 Å². The Morgan fingerprint density at radius 2 is 1.87 bits per heavy atom. The van der Waals surface area contributed by atoms with Crippen LogP contribution in [0.2, 0.25) is 0 Å². The molecule has 3 rings (SSSR count). The fourth-order valence-corrected chi connectivity index (χ4v) is 2.71. The van der Waals surface area contributed by atoms with Crippen LogP contribution < -0.4 is 4.74 Å². The summed E-state index contributed by atoms with van der Waals surface area (Å²) >= 11 is 0. The molecule has 0 N–H and O–H groups in total. The molecule has 2 amide bonds. The van der Waals surface area contributed by atoms with Crippen LogP contribution in [0.1, 0.15) is 17.2 Å². The van der Waals surface area contributed by atoms with Crippen LogP contribution in [0.3, 0.4) is 0 Å². The number of hydrogen-bond acceptors (Lipinski definition) is 4. The molecule has 0 saturated carbocycles. The van der Waals surface area contributed by atoms with Gasteiger partial charge in [-0.3, -0.25) is 4.79 Å². The van der Waals surface area contributed by atoms with Gasteiger partial charge in [0.25, 0.3) is 0 Å². The molecular formula is C18H17NO4. The summed E-state index contributed by atoms with van der Waals surface area (Å²) in [5.41, 5.74) is 1.62. The molecule has 118 valence electrons. The van der Waals surface area contributed by atoms with E-state index in [0.717, 1.165) is 11.1 Å². The number of imide groups is 1. The lowest BCUT2D eigenvalue weighted by atomic mass is 10.1. The first-order valence-corrected chi connectivity index (χ1v) is 7.36. The predicted octanol–water partition coefficient (Wildman–Crippen LogP) is 2.96. The quantitative estimate of drug-likeness (QED) is 0.871. The van der Waals surface area contributed by atoms with E-state index in [1.165, 1.54) is 4.90 Å². The molecule has 0 aliphatic carbocycles. The van der Waals surface area contributed by atoms with Gasteiger partial charge in [-0.15, -0.1) is 0 Å². The molecule has 0 radical (unpaired) electrons. The molecule has 1 fully saturated rings. The largest absolute Gasteiger partial charge is 0.496 e. The number of rotatable bonds is 4. The van der Waals surface area contributed by atoms with Gasteiger partial charge < -0.3 is 9.47 Å². The minimum Gasteiger partial charge on any atom is -0.496 e. The van der Waals surface area contributed by atoms with Crippen LogP contribution in [-0.4, -0.2) is 30.6 Å². The molecule has 1 heterocycles. The van der Waals surface area contributed by atoms with E-state index in [2.05, 4.69) is 0 Å². The Bertz CT molecular complexity index is 714. The van der Waals surface area contributed by atoms with E-state index < -0.39 is 6.09 Å². The first-order chi connectivity index (χ1) is 11.2. The maximum Gasteiger partial charge on any atom is 0.417 e. The zero-order valence-electron chi connectivity index (χ0n) is 12.8. The zero-order valence-corrected chi connectivity index (χ0v) is 12.8. The summed E-state index contributed by atoms with van der Waals surface area (Å²) in [5.74, 6) is 0.329. The first kappa shape index (κ1) is 15.1. The van der Waals surface area contributed by atoms with Crippen LogP contribution >= 0.6 is 0 Å². The number of hydrogen-bond donors (Lipinski definition) is 0. The third-order valence-electron chi connectivity index (χ3n) is 3.86. The molecule has 0 spiro atoms. The van der Waals surface area contributed by atoms with Gasteiger partial charge in [0, 0.05) is 5.56 Å². The van der Waals surface area contributed by atoms with Crippen LogP contribution in [0.4, 0.5) is 4.79 Å². The van der Waals surface area contributed by atoms with E-state index in [0.29, 0.717) is 5.75 Å². The maximum atomic E-state index is 12.6. The summed E-state index contributed by atoms with van der Waals surface area (Å²) < 4.78 is 10.3. The first-order valence-electron chi connectivity index (χ1n) is 7.36. The molecule has 1 aliphatic rings. The molecule has 0 unspecified atom stereocenters. The number of carbonyl (C=O) groups excluding carboxylic acids is 2. The van der Waals surface area contributed by atoms with Gasteiger partial charge in [-0.25, -0.2) is 9.69 Å². The van der Waals surface area contributed by atoms with Gasteiger partial charge in [0.15, 0.2) is 0 Å². The van der Waals surface area contributed by atoms with Crippen molar-refractivity contribution < 1.29 is 19.1 Å². The summed E-state index contributed by atoms with van der Waals surface area (Å²) in [7, 11) is 1.56. The van der Waals surface area contributed by atoms with E-state index in [4.69, 9.17) is 9.47 Å². The fourth-order valence-electron chi connectivity index (χ4n) is 2.71. The highest BCUT2D eigenvalue weighted by molar-refractivity contribution is 5.95. The number of benzene rings is 2. The van der Waals surface area contributed by atoms with E-state index in [1.54, 1.807) is 13.2 Å². The number of ether oxygens (including phenoxy) is 2. The van der Waals surface area contributed by atoms with Crippen LogP contribution in [0.25, 0.3) is 0 Å². The summed E-state index contributed by atoms with van der Waals surface area (Å²) in [6.45, 7) is 0.181. The van der Waals surface area contributed by atoms with Crippen LogP contribution in [0.15, 0.2) is 54.6 Å². The molecule has 2 aromatic rings. The van der Waals surface area contributed by atoms with Gasteiger partial charge >= 0.3 is 6.09 Å². The Balaban J connectivity index is 1.83. The Hall–Kier alpha value is -2.82. The van der Waals surface area contributed by atoms with Crippen molar-refractivity contribution in [3.63, 3.8) is 0 Å². The van der Waals surface area contributed by atoms with Crippen LogP contribution in [-0.2, 0) is 16.0 Å². The molecule has 1 aliphatic heterocycles. The van der Waals surface area contributed by atoms with Gasteiger partial charge in [0.05, 0.1) is 13.5 Å². The monoisotopic (exact) mass is 311 g/mol. The predicted molar refractivity (Wildman–Crippen MR) is 84.1 cm³/mol. The Kier molecular flexibility index (Phi) is 4.28. The number of amides is 2. The second-order valence-corrected chi connectivity index (χ2v) is 5.26. The molecule has 0 aromatic heterocycles. The highest BCUT2D eigenvalue weighted by Crippen LogP contribution is 2.29. The van der Waals surface area contributed by atoms with Crippen molar-refractivity contribution in [3.05, 3.63) is 65.7 Å². The minimum absolute atomic E-state index is 0.0858. The van der Waals surface area contributed by atoms with Gasteiger partial charge in [-0.1, -0.05) is 48.5 Å². The second-order valence-electron chi connectivity index (χ2n) is 5.26. The molecule has 0 bridgehead atoms. The average molecular weight is 311 g/mol. The van der Waals surface area contributed by atoms with Crippen molar-refractivity contribution in [2.45, 2.75) is 12.5 Å². The molecule has 5 nitrogen and oxygen atoms in total. The van der Waals surface area contributed by atoms with Gasteiger partial charge in [0.1, 0.15) is 18.4 Å². The standard InChI is InChI=1S/C18H17NO4/c1-22-16-10-6-5-9-14(16)11-17(20)19-15(12-23-18(19)21)13-7-3-2-4-8-13/h2-10,15H,11-12H2,1H3/t15-/m0/s1. The van der Waals surface area contributed by atoms with Crippen molar-refractivity contribution in [2.24, 2.45) is 0 Å². The highest BCUT2D eigenvalue weighted by Gasteiger charge is 2.38. The Morgan fingerprint density at radius 3 is 2.61 bits per heavy atom. The van der Waals surface area contributed by atoms with Crippen molar-refractivity contribution in [1.82, 2.24) is 4.90 Å². The van der Waals surface area contributed by atoms with Gasteiger partial charge in [0.2, 0.25) is 5.91 Å². The number of carbonyl (C=O) groups is 2. The smallest absolute Gasteiger partial charge is 0.417 e. The average Bonchev–Trinajstić information content (AvgIpc) is 2.98. The van der Waals surface area contributed by atoms with E-state index >= 15 is 0 Å². The summed E-state index contributed by atoms with van der Waals surface area (Å²) in [5, 5.41) is 0.